The number of H-pyrrole nitrogens is 1. The Kier molecular flexibility index (Phi) is 9.11. The van der Waals surface area contributed by atoms with Crippen molar-refractivity contribution < 1.29 is 19.4 Å². The SMILES string of the molecule is COCCC(Nc1c[nH]c(=O)c(Cl)c1)(c1ccc(Cl)cc1C)c1c(C(=O)O)nc(-c2ccccc2OC)n1C(C)C. The van der Waals surface area contributed by atoms with E-state index in [0.29, 0.717) is 33.5 Å². The molecule has 0 bridgehead atoms. The first kappa shape index (κ1) is 30.2. The molecule has 4 aromatic rings. The lowest BCUT2D eigenvalue weighted by Crippen LogP contribution is -2.42. The van der Waals surface area contributed by atoms with E-state index in [0.717, 1.165) is 11.1 Å². The molecule has 0 radical (unpaired) electrons. The number of aromatic amines is 1. The average Bonchev–Trinajstić information content (AvgIpc) is 3.35. The Balaban J connectivity index is 2.19. The number of aromatic carboxylic acids is 1. The van der Waals surface area contributed by atoms with Crippen LogP contribution in [0, 0.1) is 6.92 Å². The fraction of sp³-hybridized carbons (Fsp3) is 0.300. The summed E-state index contributed by atoms with van der Waals surface area (Å²) in [5, 5.41) is 14.7. The number of pyridine rings is 1. The molecular formula is C30H32Cl2N4O5. The highest BCUT2D eigenvalue weighted by atomic mass is 35.5. The maximum Gasteiger partial charge on any atom is 0.356 e. The number of carboxylic acids is 1. The number of nitrogens with zero attached hydrogens (tertiary/aromatic N) is 2. The van der Waals surface area contributed by atoms with Gasteiger partial charge in [0.25, 0.3) is 5.56 Å². The van der Waals surface area contributed by atoms with Gasteiger partial charge < -0.3 is 29.4 Å². The summed E-state index contributed by atoms with van der Waals surface area (Å²) in [6.07, 6.45) is 1.78. The number of ether oxygens (including phenoxy) is 2. The second-order valence-electron chi connectivity index (χ2n) is 9.90. The number of rotatable bonds is 11. The molecule has 4 rings (SSSR count). The molecule has 1 unspecified atom stereocenters. The van der Waals surface area contributed by atoms with Gasteiger partial charge in [0.05, 0.1) is 24.1 Å². The number of aryl methyl sites for hydroxylation is 1. The van der Waals surface area contributed by atoms with Gasteiger partial charge in [-0.2, -0.15) is 0 Å². The monoisotopic (exact) mass is 598 g/mol. The zero-order chi connectivity index (χ0) is 29.9. The minimum atomic E-state index is -1.24. The molecular weight excluding hydrogens is 567 g/mol. The van der Waals surface area contributed by atoms with Crippen LogP contribution in [-0.2, 0) is 10.3 Å². The molecule has 0 fully saturated rings. The molecule has 41 heavy (non-hydrogen) atoms. The van der Waals surface area contributed by atoms with Crippen molar-refractivity contribution in [1.82, 2.24) is 14.5 Å². The number of carbonyl (C=O) groups is 1. The molecule has 0 aliphatic heterocycles. The second kappa shape index (κ2) is 12.4. The highest BCUT2D eigenvalue weighted by molar-refractivity contribution is 6.31. The van der Waals surface area contributed by atoms with Gasteiger partial charge in [0.1, 0.15) is 22.1 Å². The summed E-state index contributed by atoms with van der Waals surface area (Å²) >= 11 is 12.6. The van der Waals surface area contributed by atoms with Crippen LogP contribution >= 0.6 is 23.2 Å². The summed E-state index contributed by atoms with van der Waals surface area (Å²) in [7, 11) is 3.14. The normalized spacial score (nSPS) is 12.8. The summed E-state index contributed by atoms with van der Waals surface area (Å²) in [6.45, 7) is 6.07. The van der Waals surface area contributed by atoms with E-state index in [4.69, 9.17) is 37.7 Å². The third kappa shape index (κ3) is 5.84. The number of benzene rings is 2. The largest absolute Gasteiger partial charge is 0.496 e. The van der Waals surface area contributed by atoms with Gasteiger partial charge in [0.15, 0.2) is 5.69 Å². The summed E-state index contributed by atoms with van der Waals surface area (Å²) in [6, 6.07) is 14.0. The van der Waals surface area contributed by atoms with Gasteiger partial charge in [-0.05, 0) is 62.2 Å². The Hall–Kier alpha value is -3.79. The summed E-state index contributed by atoms with van der Waals surface area (Å²) in [4.78, 5) is 32.4. The van der Waals surface area contributed by atoms with Crippen molar-refractivity contribution in [2.24, 2.45) is 0 Å². The van der Waals surface area contributed by atoms with Gasteiger partial charge in [-0.15, -0.1) is 0 Å². The Bertz CT molecular complexity index is 1630. The molecule has 2 aromatic carbocycles. The van der Waals surface area contributed by atoms with Crippen LogP contribution < -0.4 is 15.6 Å². The first-order chi connectivity index (χ1) is 19.5. The van der Waals surface area contributed by atoms with E-state index < -0.39 is 17.1 Å². The number of hydrogen-bond acceptors (Lipinski definition) is 6. The highest BCUT2D eigenvalue weighted by Crippen LogP contribution is 2.44. The second-order valence-corrected chi connectivity index (χ2v) is 10.7. The van der Waals surface area contributed by atoms with Crippen molar-refractivity contribution in [3.8, 4) is 17.1 Å². The van der Waals surface area contributed by atoms with E-state index in [9.17, 15) is 14.7 Å². The zero-order valence-electron chi connectivity index (χ0n) is 23.4. The van der Waals surface area contributed by atoms with E-state index in [1.165, 1.54) is 12.3 Å². The van der Waals surface area contributed by atoms with Gasteiger partial charge in [-0.1, -0.05) is 41.4 Å². The third-order valence-electron chi connectivity index (χ3n) is 6.93. The Morgan fingerprint density at radius 1 is 1.17 bits per heavy atom. The highest BCUT2D eigenvalue weighted by Gasteiger charge is 2.44. The molecule has 2 heterocycles. The Labute approximate surface area is 248 Å². The van der Waals surface area contributed by atoms with E-state index in [2.05, 4.69) is 10.3 Å². The summed E-state index contributed by atoms with van der Waals surface area (Å²) < 4.78 is 13.1. The first-order valence-corrected chi connectivity index (χ1v) is 13.7. The number of para-hydroxylation sites is 1. The number of nitrogens with one attached hydrogen (secondary N) is 2. The van der Waals surface area contributed by atoms with Gasteiger partial charge >= 0.3 is 5.97 Å². The Morgan fingerprint density at radius 2 is 1.90 bits per heavy atom. The number of aromatic nitrogens is 3. The van der Waals surface area contributed by atoms with Crippen molar-refractivity contribution in [3.05, 3.63) is 97.6 Å². The number of carboxylic acid groups (broad SMARTS) is 1. The minimum Gasteiger partial charge on any atom is -0.496 e. The van der Waals surface area contributed by atoms with Crippen molar-refractivity contribution >= 4 is 34.9 Å². The Morgan fingerprint density at radius 3 is 2.51 bits per heavy atom. The van der Waals surface area contributed by atoms with Crippen LogP contribution in [0.25, 0.3) is 11.4 Å². The summed E-state index contributed by atoms with van der Waals surface area (Å²) in [5.41, 5.74) is 1.22. The van der Waals surface area contributed by atoms with Crippen LogP contribution in [-0.4, -0.2) is 46.4 Å². The fourth-order valence-electron chi connectivity index (χ4n) is 5.22. The number of hydrogen-bond donors (Lipinski definition) is 3. The van der Waals surface area contributed by atoms with Gasteiger partial charge in [-0.3, -0.25) is 4.79 Å². The van der Waals surface area contributed by atoms with Gasteiger partial charge in [-0.25, -0.2) is 9.78 Å². The van der Waals surface area contributed by atoms with Crippen LogP contribution in [0.5, 0.6) is 5.75 Å². The topological polar surface area (TPSA) is 118 Å². The lowest BCUT2D eigenvalue weighted by Gasteiger charge is -2.39. The molecule has 0 aliphatic rings. The summed E-state index contributed by atoms with van der Waals surface area (Å²) in [5.74, 6) is -0.224. The zero-order valence-corrected chi connectivity index (χ0v) is 24.9. The van der Waals surface area contributed by atoms with Gasteiger partial charge in [0.2, 0.25) is 0 Å². The standard InChI is InChI=1S/C30H32Cl2N4O5/c1-17(2)36-26(25(29(38)39)34-27(36)21-8-6-7-9-24(21)41-5)30(12-13-40-4,22-11-10-19(31)14-18(22)3)35-20-15-23(32)28(37)33-16-20/h6-11,14-17,35H,12-13H2,1-5H3,(H,33,37)(H,38,39). The van der Waals surface area contributed by atoms with E-state index >= 15 is 0 Å². The maximum atomic E-state index is 13.0. The van der Waals surface area contributed by atoms with Crippen molar-refractivity contribution in [1.29, 1.82) is 0 Å². The molecule has 0 aliphatic carbocycles. The molecule has 0 saturated carbocycles. The lowest BCUT2D eigenvalue weighted by molar-refractivity contribution is 0.0687. The van der Waals surface area contributed by atoms with Crippen molar-refractivity contribution in [3.63, 3.8) is 0 Å². The minimum absolute atomic E-state index is 0.0194. The number of methoxy groups -OCH3 is 2. The molecule has 3 N–H and O–H groups in total. The van der Waals surface area contributed by atoms with Gasteiger partial charge in [0, 0.05) is 37.4 Å². The van der Waals surface area contributed by atoms with E-state index in [-0.39, 0.29) is 29.8 Å². The number of anilines is 1. The predicted octanol–water partition coefficient (Wildman–Crippen LogP) is 6.53. The van der Waals surface area contributed by atoms with Crippen LogP contribution in [0.3, 0.4) is 0 Å². The molecule has 0 amide bonds. The van der Waals surface area contributed by atoms with E-state index in [1.54, 1.807) is 26.4 Å². The molecule has 9 nitrogen and oxygen atoms in total. The lowest BCUT2D eigenvalue weighted by atomic mass is 9.79. The number of imidazole rings is 1. The maximum absolute atomic E-state index is 13.0. The quantitative estimate of drug-likeness (QED) is 0.179. The predicted molar refractivity (Wildman–Crippen MR) is 161 cm³/mol. The molecule has 2 aromatic heterocycles. The van der Waals surface area contributed by atoms with Crippen molar-refractivity contribution in [2.45, 2.75) is 38.8 Å². The number of halogens is 2. The molecule has 216 valence electrons. The van der Waals surface area contributed by atoms with E-state index in [1.807, 2.05) is 55.7 Å². The molecule has 11 heteroatoms. The van der Waals surface area contributed by atoms with Crippen LogP contribution in [0.4, 0.5) is 5.69 Å². The molecule has 0 saturated heterocycles. The third-order valence-corrected chi connectivity index (χ3v) is 7.44. The van der Waals surface area contributed by atoms with Crippen LogP contribution in [0.15, 0.2) is 59.5 Å². The van der Waals surface area contributed by atoms with Crippen LogP contribution in [0.1, 0.15) is 53.6 Å². The first-order valence-electron chi connectivity index (χ1n) is 13.0. The molecule has 0 spiro atoms. The average molecular weight is 600 g/mol. The fourth-order valence-corrected chi connectivity index (χ4v) is 5.62. The van der Waals surface area contributed by atoms with Crippen molar-refractivity contribution in [2.75, 3.05) is 26.1 Å². The van der Waals surface area contributed by atoms with Crippen LogP contribution in [0.2, 0.25) is 10.0 Å². The molecule has 1 atom stereocenters. The smallest absolute Gasteiger partial charge is 0.356 e.